The third-order valence-corrected chi connectivity index (χ3v) is 5.65. The highest BCUT2D eigenvalue weighted by atomic mass is 16.2. The Balaban J connectivity index is 1.43. The molecule has 2 aromatic rings. The van der Waals surface area contributed by atoms with Gasteiger partial charge in [-0.15, -0.1) is 0 Å². The van der Waals surface area contributed by atoms with Gasteiger partial charge in [-0.2, -0.15) is 0 Å². The van der Waals surface area contributed by atoms with Crippen molar-refractivity contribution < 1.29 is 9.59 Å². The van der Waals surface area contributed by atoms with Crippen molar-refractivity contribution in [2.75, 3.05) is 18.4 Å². The lowest BCUT2D eigenvalue weighted by Crippen LogP contribution is -2.31. The van der Waals surface area contributed by atoms with Crippen LogP contribution in [-0.4, -0.2) is 29.8 Å². The lowest BCUT2D eigenvalue weighted by molar-refractivity contribution is -0.122. The van der Waals surface area contributed by atoms with Gasteiger partial charge in [0, 0.05) is 31.1 Å². The summed E-state index contributed by atoms with van der Waals surface area (Å²) < 4.78 is 0. The molecule has 0 fully saturated rings. The summed E-state index contributed by atoms with van der Waals surface area (Å²) in [7, 11) is 0. The Kier molecular flexibility index (Phi) is 7.42. The average molecular weight is 394 g/mol. The van der Waals surface area contributed by atoms with Gasteiger partial charge in [-0.1, -0.05) is 56.3 Å². The third-order valence-electron chi connectivity index (χ3n) is 5.65. The monoisotopic (exact) mass is 393 g/mol. The van der Waals surface area contributed by atoms with Gasteiger partial charge in [0.2, 0.25) is 11.8 Å². The largest absolute Gasteiger partial charge is 0.352 e. The first-order chi connectivity index (χ1) is 14.1. The van der Waals surface area contributed by atoms with Gasteiger partial charge in [0.1, 0.15) is 0 Å². The van der Waals surface area contributed by atoms with Gasteiger partial charge in [-0.05, 0) is 48.7 Å². The molecule has 1 aliphatic heterocycles. The summed E-state index contributed by atoms with van der Waals surface area (Å²) in [6.07, 6.45) is 1.62. The minimum atomic E-state index is -0.144. The van der Waals surface area contributed by atoms with E-state index in [2.05, 4.69) is 53.6 Å². The van der Waals surface area contributed by atoms with Crippen LogP contribution in [0.2, 0.25) is 0 Å². The normalized spacial score (nSPS) is 15.7. The molecule has 0 saturated carbocycles. The topological polar surface area (TPSA) is 61.4 Å². The highest BCUT2D eigenvalue weighted by Crippen LogP contribution is 2.27. The highest BCUT2D eigenvalue weighted by molar-refractivity contribution is 5.96. The fraction of sp³-hybridized carbons (Fsp3) is 0.417. The van der Waals surface area contributed by atoms with Gasteiger partial charge in [0.25, 0.3) is 0 Å². The van der Waals surface area contributed by atoms with E-state index in [1.165, 1.54) is 5.56 Å². The van der Waals surface area contributed by atoms with E-state index < -0.39 is 0 Å². The predicted molar refractivity (Wildman–Crippen MR) is 116 cm³/mol. The Bertz CT molecular complexity index is 828. The van der Waals surface area contributed by atoms with Gasteiger partial charge in [-0.3, -0.25) is 14.5 Å². The molecule has 0 bridgehead atoms. The van der Waals surface area contributed by atoms with Gasteiger partial charge in [0.05, 0.1) is 0 Å². The molecule has 5 nitrogen and oxygen atoms in total. The van der Waals surface area contributed by atoms with E-state index in [-0.39, 0.29) is 17.7 Å². The molecular formula is C24H31N3O2. The summed E-state index contributed by atoms with van der Waals surface area (Å²) >= 11 is 0. The number of rotatable bonds is 9. The van der Waals surface area contributed by atoms with E-state index in [0.717, 1.165) is 36.4 Å². The Hall–Kier alpha value is -2.66. The molecule has 5 heteroatoms. The molecule has 2 amide bonds. The van der Waals surface area contributed by atoms with Crippen LogP contribution in [0.4, 0.5) is 5.69 Å². The van der Waals surface area contributed by atoms with E-state index in [1.807, 2.05) is 24.3 Å². The van der Waals surface area contributed by atoms with Crippen LogP contribution in [0.1, 0.15) is 43.4 Å². The standard InChI is InChI=1S/C24H31N3O2/c1-3-27(4-2)17-19-11-9-18(10-12-19)16-25-23(28)14-13-21-15-20-7-5-6-8-22(20)26-24(21)29/h5-12,21H,3-4,13-17H2,1-2H3,(H,25,28)(H,26,29)/t21-/m1/s1. The molecule has 0 spiro atoms. The van der Waals surface area contributed by atoms with Gasteiger partial charge >= 0.3 is 0 Å². The van der Waals surface area contributed by atoms with Crippen molar-refractivity contribution in [2.45, 2.75) is 46.2 Å². The molecule has 1 atom stereocenters. The number of para-hydroxylation sites is 1. The number of amides is 2. The van der Waals surface area contributed by atoms with Crippen LogP contribution in [0.5, 0.6) is 0 Å². The number of fused-ring (bicyclic) bond motifs is 1. The minimum Gasteiger partial charge on any atom is -0.352 e. The van der Waals surface area contributed by atoms with Crippen molar-refractivity contribution in [3.63, 3.8) is 0 Å². The number of hydrogen-bond acceptors (Lipinski definition) is 3. The van der Waals surface area contributed by atoms with Crippen LogP contribution in [0.15, 0.2) is 48.5 Å². The SMILES string of the molecule is CCN(CC)Cc1ccc(CNC(=O)CC[C@@H]2Cc3ccccc3NC2=O)cc1. The summed E-state index contributed by atoms with van der Waals surface area (Å²) in [6.45, 7) is 7.89. The second-order valence-electron chi connectivity index (χ2n) is 7.64. The van der Waals surface area contributed by atoms with Crippen molar-refractivity contribution in [1.82, 2.24) is 10.2 Å². The van der Waals surface area contributed by atoms with Crippen LogP contribution in [0, 0.1) is 5.92 Å². The maximum absolute atomic E-state index is 12.3. The summed E-state index contributed by atoms with van der Waals surface area (Å²) in [5.74, 6) is -0.140. The molecule has 2 aromatic carbocycles. The molecule has 1 aliphatic rings. The quantitative estimate of drug-likeness (QED) is 0.682. The van der Waals surface area contributed by atoms with E-state index in [9.17, 15) is 9.59 Å². The predicted octanol–water partition coefficient (Wildman–Crippen LogP) is 3.74. The van der Waals surface area contributed by atoms with Gasteiger partial charge in [0.15, 0.2) is 0 Å². The van der Waals surface area contributed by atoms with E-state index in [0.29, 0.717) is 25.8 Å². The van der Waals surface area contributed by atoms with E-state index in [1.54, 1.807) is 0 Å². The van der Waals surface area contributed by atoms with Crippen molar-refractivity contribution >= 4 is 17.5 Å². The van der Waals surface area contributed by atoms with Gasteiger partial charge < -0.3 is 10.6 Å². The lowest BCUT2D eigenvalue weighted by atomic mass is 9.89. The zero-order chi connectivity index (χ0) is 20.6. The van der Waals surface area contributed by atoms with Gasteiger partial charge in [-0.25, -0.2) is 0 Å². The van der Waals surface area contributed by atoms with Crippen LogP contribution in [-0.2, 0) is 29.1 Å². The maximum atomic E-state index is 12.3. The summed E-state index contributed by atoms with van der Waals surface area (Å²) in [4.78, 5) is 26.9. The zero-order valence-electron chi connectivity index (χ0n) is 17.4. The Morgan fingerprint density at radius 3 is 2.48 bits per heavy atom. The fourth-order valence-corrected chi connectivity index (χ4v) is 3.71. The molecule has 0 aliphatic carbocycles. The molecule has 3 rings (SSSR count). The molecule has 0 unspecified atom stereocenters. The molecule has 1 heterocycles. The number of benzene rings is 2. The first-order valence-electron chi connectivity index (χ1n) is 10.5. The lowest BCUT2D eigenvalue weighted by Gasteiger charge is -2.24. The smallest absolute Gasteiger partial charge is 0.227 e. The summed E-state index contributed by atoms with van der Waals surface area (Å²) in [5.41, 5.74) is 4.41. The Labute approximate surface area is 173 Å². The molecular weight excluding hydrogens is 362 g/mol. The average Bonchev–Trinajstić information content (AvgIpc) is 2.75. The Morgan fingerprint density at radius 2 is 1.76 bits per heavy atom. The number of carbonyl (C=O) groups excluding carboxylic acids is 2. The molecule has 0 saturated heterocycles. The van der Waals surface area contributed by atoms with Crippen molar-refractivity contribution in [3.05, 3.63) is 65.2 Å². The second-order valence-corrected chi connectivity index (χ2v) is 7.64. The van der Waals surface area contributed by atoms with Crippen LogP contribution >= 0.6 is 0 Å². The van der Waals surface area contributed by atoms with Crippen LogP contribution in [0.3, 0.4) is 0 Å². The first kappa shape index (κ1) is 21.1. The molecule has 29 heavy (non-hydrogen) atoms. The first-order valence-corrected chi connectivity index (χ1v) is 10.5. The Morgan fingerprint density at radius 1 is 1.07 bits per heavy atom. The maximum Gasteiger partial charge on any atom is 0.227 e. The molecule has 154 valence electrons. The molecule has 0 radical (unpaired) electrons. The number of hydrogen-bond donors (Lipinski definition) is 2. The number of anilines is 1. The minimum absolute atomic E-state index is 0.0103. The number of nitrogens with zero attached hydrogens (tertiary/aromatic N) is 1. The van der Waals surface area contributed by atoms with Crippen molar-refractivity contribution in [1.29, 1.82) is 0 Å². The number of carbonyl (C=O) groups is 2. The van der Waals surface area contributed by atoms with E-state index >= 15 is 0 Å². The molecule has 2 N–H and O–H groups in total. The van der Waals surface area contributed by atoms with Crippen molar-refractivity contribution in [2.24, 2.45) is 5.92 Å². The zero-order valence-corrected chi connectivity index (χ0v) is 17.4. The summed E-state index contributed by atoms with van der Waals surface area (Å²) in [6, 6.07) is 16.3. The summed E-state index contributed by atoms with van der Waals surface area (Å²) in [5, 5.41) is 5.92. The molecule has 0 aromatic heterocycles. The number of nitrogens with one attached hydrogen (secondary N) is 2. The highest BCUT2D eigenvalue weighted by Gasteiger charge is 2.26. The second kappa shape index (κ2) is 10.2. The van der Waals surface area contributed by atoms with Crippen molar-refractivity contribution in [3.8, 4) is 0 Å². The fourth-order valence-electron chi connectivity index (χ4n) is 3.71. The van der Waals surface area contributed by atoms with E-state index in [4.69, 9.17) is 0 Å². The third kappa shape index (κ3) is 5.91. The van der Waals surface area contributed by atoms with Crippen LogP contribution < -0.4 is 10.6 Å². The van der Waals surface area contributed by atoms with Crippen LogP contribution in [0.25, 0.3) is 0 Å².